The first-order valence-corrected chi connectivity index (χ1v) is 9.96. The second-order valence-corrected chi connectivity index (χ2v) is 8.47. The molecule has 1 fully saturated rings. The van der Waals surface area contributed by atoms with Crippen LogP contribution in [0.1, 0.15) is 23.5 Å². The molecule has 2 aromatic rings. The number of para-hydroxylation sites is 1. The Hall–Kier alpha value is -2.41. The molecule has 25 heavy (non-hydrogen) atoms. The van der Waals surface area contributed by atoms with Crippen LogP contribution in [0.5, 0.6) is 0 Å². The van der Waals surface area contributed by atoms with Crippen molar-refractivity contribution in [3.05, 3.63) is 65.5 Å². The van der Waals surface area contributed by atoms with Crippen molar-refractivity contribution in [3.63, 3.8) is 0 Å². The summed E-state index contributed by atoms with van der Waals surface area (Å²) in [7, 11) is -3.20. The molecule has 0 unspecified atom stereocenters. The Morgan fingerprint density at radius 3 is 2.68 bits per heavy atom. The number of amides is 2. The summed E-state index contributed by atoms with van der Waals surface area (Å²) in [6, 6.07) is 12.7. The maximum absolute atomic E-state index is 13.3. The van der Waals surface area contributed by atoms with Gasteiger partial charge in [-0.1, -0.05) is 30.3 Å². The normalized spacial score (nSPS) is 19.3. The molecule has 1 aliphatic rings. The summed E-state index contributed by atoms with van der Waals surface area (Å²) in [5.41, 5.74) is 1.87. The van der Waals surface area contributed by atoms with Gasteiger partial charge in [-0.15, -0.1) is 0 Å². The van der Waals surface area contributed by atoms with Crippen LogP contribution in [0.25, 0.3) is 0 Å². The minimum Gasteiger partial charge on any atom is -0.334 e. The molecule has 0 saturated heterocycles. The van der Waals surface area contributed by atoms with Crippen LogP contribution in [0.4, 0.5) is 14.9 Å². The van der Waals surface area contributed by atoms with Gasteiger partial charge in [0.05, 0.1) is 5.75 Å². The monoisotopic (exact) mass is 362 g/mol. The predicted molar refractivity (Wildman–Crippen MR) is 94.7 cm³/mol. The first-order valence-electron chi connectivity index (χ1n) is 7.90. The molecule has 0 aliphatic heterocycles. The van der Waals surface area contributed by atoms with E-state index in [1.807, 2.05) is 6.07 Å². The molecule has 2 aromatic carbocycles. The van der Waals surface area contributed by atoms with Gasteiger partial charge >= 0.3 is 6.03 Å². The van der Waals surface area contributed by atoms with Gasteiger partial charge in [-0.2, -0.15) is 0 Å². The second-order valence-electron chi connectivity index (χ2n) is 6.33. The molecule has 7 heteroatoms. The van der Waals surface area contributed by atoms with Gasteiger partial charge in [0.1, 0.15) is 5.82 Å². The van der Waals surface area contributed by atoms with Gasteiger partial charge < -0.3 is 10.6 Å². The molecule has 2 N–H and O–H groups in total. The molecule has 3 rings (SSSR count). The molecule has 0 spiro atoms. The highest BCUT2D eigenvalue weighted by molar-refractivity contribution is 7.89. The van der Waals surface area contributed by atoms with E-state index in [2.05, 4.69) is 10.6 Å². The van der Waals surface area contributed by atoms with Crippen molar-refractivity contribution in [2.75, 3.05) is 11.6 Å². The third kappa shape index (κ3) is 4.79. The predicted octanol–water partition coefficient (Wildman–Crippen LogP) is 3.05. The molecular formula is C18H19FN2O3S. The van der Waals surface area contributed by atoms with Crippen molar-refractivity contribution >= 4 is 21.6 Å². The summed E-state index contributed by atoms with van der Waals surface area (Å²) in [4.78, 5) is 12.2. The van der Waals surface area contributed by atoms with E-state index in [0.29, 0.717) is 11.3 Å². The quantitative estimate of drug-likeness (QED) is 0.858. The highest BCUT2D eigenvalue weighted by Gasteiger charge is 2.39. The Kier molecular flexibility index (Phi) is 4.76. The number of nitrogens with one attached hydrogen (secondary N) is 2. The van der Waals surface area contributed by atoms with Gasteiger partial charge in [0.25, 0.3) is 0 Å². The van der Waals surface area contributed by atoms with E-state index < -0.39 is 15.9 Å². The largest absolute Gasteiger partial charge is 0.334 e. The zero-order valence-electron chi connectivity index (χ0n) is 13.7. The molecule has 5 nitrogen and oxygen atoms in total. The van der Waals surface area contributed by atoms with E-state index in [4.69, 9.17) is 0 Å². The van der Waals surface area contributed by atoms with Crippen LogP contribution in [0.15, 0.2) is 48.5 Å². The van der Waals surface area contributed by atoms with E-state index in [1.165, 1.54) is 12.1 Å². The fourth-order valence-corrected chi connectivity index (χ4v) is 3.65. The first kappa shape index (κ1) is 17.4. The van der Waals surface area contributed by atoms with Crippen LogP contribution in [-0.4, -0.2) is 26.7 Å². The molecule has 2 atom stereocenters. The highest BCUT2D eigenvalue weighted by atomic mass is 32.2. The summed E-state index contributed by atoms with van der Waals surface area (Å²) >= 11 is 0. The number of rotatable bonds is 5. The van der Waals surface area contributed by atoms with E-state index in [-0.39, 0.29) is 23.5 Å². The molecule has 1 aliphatic carbocycles. The maximum atomic E-state index is 13.3. The molecular weight excluding hydrogens is 343 g/mol. The van der Waals surface area contributed by atoms with Crippen LogP contribution in [0, 0.1) is 5.82 Å². The lowest BCUT2D eigenvalue weighted by atomic mass is 10.1. The van der Waals surface area contributed by atoms with Crippen LogP contribution in [-0.2, 0) is 15.6 Å². The number of benzene rings is 2. The van der Waals surface area contributed by atoms with Crippen molar-refractivity contribution in [1.82, 2.24) is 5.32 Å². The number of urea groups is 1. The van der Waals surface area contributed by atoms with Gasteiger partial charge in [-0.25, -0.2) is 17.6 Å². The number of hydrogen-bond donors (Lipinski definition) is 2. The lowest BCUT2D eigenvalue weighted by Crippen LogP contribution is -2.31. The van der Waals surface area contributed by atoms with Crippen molar-refractivity contribution in [2.24, 2.45) is 0 Å². The van der Waals surface area contributed by atoms with Gasteiger partial charge in [-0.3, -0.25) is 0 Å². The third-order valence-electron chi connectivity index (χ3n) is 4.07. The summed E-state index contributed by atoms with van der Waals surface area (Å²) in [5, 5.41) is 5.54. The zero-order valence-corrected chi connectivity index (χ0v) is 14.5. The minimum absolute atomic E-state index is 0.0520. The Morgan fingerprint density at radius 1 is 1.20 bits per heavy atom. The Balaban J connectivity index is 1.61. The average Bonchev–Trinajstić information content (AvgIpc) is 3.27. The van der Waals surface area contributed by atoms with Crippen molar-refractivity contribution in [1.29, 1.82) is 0 Å². The number of carbonyl (C=O) groups excluding carboxylic acids is 1. The van der Waals surface area contributed by atoms with Gasteiger partial charge in [0.2, 0.25) is 0 Å². The average molecular weight is 362 g/mol. The van der Waals surface area contributed by atoms with Gasteiger partial charge in [0, 0.05) is 23.9 Å². The lowest BCUT2D eigenvalue weighted by Gasteiger charge is -2.11. The lowest BCUT2D eigenvalue weighted by molar-refractivity contribution is 0.251. The SMILES string of the molecule is CS(=O)(=O)Cc1ccccc1NC(=O)N[C@@H]1C[C@H]1c1cccc(F)c1. The molecule has 2 amide bonds. The molecule has 0 heterocycles. The minimum atomic E-state index is -3.20. The summed E-state index contributed by atoms with van der Waals surface area (Å²) < 4.78 is 36.3. The molecule has 0 bridgehead atoms. The highest BCUT2D eigenvalue weighted by Crippen LogP contribution is 2.40. The molecule has 132 valence electrons. The van der Waals surface area contributed by atoms with Crippen LogP contribution < -0.4 is 10.6 Å². The van der Waals surface area contributed by atoms with Gasteiger partial charge in [-0.05, 0) is 35.7 Å². The number of sulfone groups is 1. The molecule has 0 radical (unpaired) electrons. The zero-order chi connectivity index (χ0) is 18.0. The summed E-state index contributed by atoms with van der Waals surface area (Å²) in [5.74, 6) is -0.325. The summed E-state index contributed by atoms with van der Waals surface area (Å²) in [6.45, 7) is 0. The van der Waals surface area contributed by atoms with E-state index >= 15 is 0 Å². The van der Waals surface area contributed by atoms with Crippen LogP contribution in [0.2, 0.25) is 0 Å². The maximum Gasteiger partial charge on any atom is 0.319 e. The topological polar surface area (TPSA) is 75.3 Å². The summed E-state index contributed by atoms with van der Waals surface area (Å²) in [6.07, 6.45) is 1.90. The number of carbonyl (C=O) groups is 1. The van der Waals surface area contributed by atoms with E-state index in [1.54, 1.807) is 30.3 Å². The molecule has 0 aromatic heterocycles. The smallest absolute Gasteiger partial charge is 0.319 e. The van der Waals surface area contributed by atoms with Crippen molar-refractivity contribution in [2.45, 2.75) is 24.1 Å². The Bertz CT molecular complexity index is 899. The van der Waals surface area contributed by atoms with E-state index in [9.17, 15) is 17.6 Å². The fourth-order valence-electron chi connectivity index (χ4n) is 2.84. The Morgan fingerprint density at radius 2 is 1.96 bits per heavy atom. The van der Waals surface area contributed by atoms with Crippen LogP contribution >= 0.6 is 0 Å². The Labute approximate surface area is 146 Å². The second kappa shape index (κ2) is 6.84. The fraction of sp³-hybridized carbons (Fsp3) is 0.278. The third-order valence-corrected chi connectivity index (χ3v) is 4.90. The number of anilines is 1. The van der Waals surface area contributed by atoms with E-state index in [0.717, 1.165) is 18.2 Å². The van der Waals surface area contributed by atoms with Crippen molar-refractivity contribution in [3.8, 4) is 0 Å². The standard InChI is InChI=1S/C18H19FN2O3S/c1-25(23,24)11-13-5-2-3-8-16(13)20-18(22)21-17-10-15(17)12-6-4-7-14(19)9-12/h2-9,15,17H,10-11H2,1H3,(H2,20,21,22)/t15-,17+/m0/s1. The van der Waals surface area contributed by atoms with Crippen LogP contribution in [0.3, 0.4) is 0 Å². The first-order chi connectivity index (χ1) is 11.8. The van der Waals surface area contributed by atoms with Crippen molar-refractivity contribution < 1.29 is 17.6 Å². The molecule has 1 saturated carbocycles. The number of halogens is 1. The number of hydrogen-bond acceptors (Lipinski definition) is 3. The van der Waals surface area contributed by atoms with Gasteiger partial charge in [0.15, 0.2) is 9.84 Å².